The molecular formula is C16H18BF2N3O2. The van der Waals surface area contributed by atoms with Crippen LogP contribution in [0.4, 0.5) is 8.78 Å². The van der Waals surface area contributed by atoms with Gasteiger partial charge in [-0.3, -0.25) is 0 Å². The average Bonchev–Trinajstić information content (AvgIpc) is 3.02. The molecule has 1 aliphatic heterocycles. The molecule has 2 aromatic rings. The predicted molar refractivity (Wildman–Crippen MR) is 86.5 cm³/mol. The number of benzene rings is 1. The van der Waals surface area contributed by atoms with E-state index in [0.29, 0.717) is 5.69 Å². The normalized spacial score (nSPS) is 19.8. The fraction of sp³-hybridized carbons (Fsp3) is 0.375. The van der Waals surface area contributed by atoms with Crippen LogP contribution in [0.2, 0.25) is 0 Å². The summed E-state index contributed by atoms with van der Waals surface area (Å²) in [6.07, 6.45) is 2.70. The lowest BCUT2D eigenvalue weighted by Gasteiger charge is -2.32. The molecule has 0 amide bonds. The zero-order valence-electron chi connectivity index (χ0n) is 14.0. The number of hydrogen-bond donors (Lipinski definition) is 0. The van der Waals surface area contributed by atoms with Gasteiger partial charge in [-0.05, 0) is 52.0 Å². The fourth-order valence-electron chi connectivity index (χ4n) is 2.25. The minimum atomic E-state index is -1.09. The second kappa shape index (κ2) is 5.79. The quantitative estimate of drug-likeness (QED) is 0.809. The van der Waals surface area contributed by atoms with Crippen LogP contribution in [0.3, 0.4) is 0 Å². The number of rotatable bonds is 3. The van der Waals surface area contributed by atoms with Crippen molar-refractivity contribution in [3.8, 4) is 5.69 Å². The molecule has 0 saturated carbocycles. The Hall–Kier alpha value is -2.06. The molecule has 1 aliphatic rings. The van der Waals surface area contributed by atoms with Crippen LogP contribution in [0.15, 0.2) is 36.2 Å². The van der Waals surface area contributed by atoms with E-state index in [-0.39, 0.29) is 11.5 Å². The van der Waals surface area contributed by atoms with E-state index in [9.17, 15) is 8.78 Å². The maximum absolute atomic E-state index is 14.4. The number of hydrogen-bond acceptors (Lipinski definition) is 4. The lowest BCUT2D eigenvalue weighted by Crippen LogP contribution is -2.41. The highest BCUT2D eigenvalue weighted by atomic mass is 19.1. The molecule has 5 nitrogen and oxygen atoms in total. The minimum absolute atomic E-state index is 0.284. The summed E-state index contributed by atoms with van der Waals surface area (Å²) in [5, 5.41) is 7.74. The van der Waals surface area contributed by atoms with Gasteiger partial charge in [-0.25, -0.2) is 13.5 Å². The van der Waals surface area contributed by atoms with Crippen molar-refractivity contribution in [3.05, 3.63) is 47.7 Å². The van der Waals surface area contributed by atoms with Crippen LogP contribution >= 0.6 is 0 Å². The van der Waals surface area contributed by atoms with Crippen molar-refractivity contribution in [2.45, 2.75) is 38.9 Å². The SMILES string of the molecule is CC1(C)OB(C(F)=Cc2cn(-c3cccc(F)c3)nn2)OC1(C)C. The van der Waals surface area contributed by atoms with Crippen molar-refractivity contribution in [2.75, 3.05) is 0 Å². The van der Waals surface area contributed by atoms with Crippen LogP contribution in [0.5, 0.6) is 0 Å². The summed E-state index contributed by atoms with van der Waals surface area (Å²) in [4.78, 5) is 0. The van der Waals surface area contributed by atoms with Crippen molar-refractivity contribution in [1.82, 2.24) is 15.0 Å². The van der Waals surface area contributed by atoms with Crippen molar-refractivity contribution < 1.29 is 18.1 Å². The standard InChI is InChI=1S/C16H18BF2N3O2/c1-15(2)16(3,4)24-17(23-15)14(19)9-12-10-22(21-20-12)13-7-5-6-11(18)8-13/h5-10H,1-4H3. The summed E-state index contributed by atoms with van der Waals surface area (Å²) >= 11 is 0. The van der Waals surface area contributed by atoms with E-state index in [0.717, 1.165) is 0 Å². The van der Waals surface area contributed by atoms with E-state index in [4.69, 9.17) is 9.31 Å². The summed E-state index contributed by atoms with van der Waals surface area (Å²) in [6, 6.07) is 5.88. The molecule has 126 valence electrons. The molecule has 0 radical (unpaired) electrons. The van der Waals surface area contributed by atoms with Gasteiger partial charge in [0.25, 0.3) is 0 Å². The second-order valence-corrected chi connectivity index (χ2v) is 6.69. The molecule has 0 spiro atoms. The third-order valence-corrected chi connectivity index (χ3v) is 4.35. The van der Waals surface area contributed by atoms with Crippen LogP contribution in [0.25, 0.3) is 11.8 Å². The highest BCUT2D eigenvalue weighted by Crippen LogP contribution is 2.38. The molecule has 3 rings (SSSR count). The van der Waals surface area contributed by atoms with Gasteiger partial charge in [-0.2, -0.15) is 0 Å². The van der Waals surface area contributed by atoms with E-state index in [2.05, 4.69) is 10.3 Å². The summed E-state index contributed by atoms with van der Waals surface area (Å²) in [5.74, 6) is -0.386. The second-order valence-electron chi connectivity index (χ2n) is 6.69. The summed E-state index contributed by atoms with van der Waals surface area (Å²) in [7, 11) is -1.09. The number of halogens is 2. The lowest BCUT2D eigenvalue weighted by molar-refractivity contribution is 0.00578. The fourth-order valence-corrected chi connectivity index (χ4v) is 2.25. The molecule has 1 saturated heterocycles. The van der Waals surface area contributed by atoms with Crippen molar-refractivity contribution >= 4 is 13.2 Å². The Morgan fingerprint density at radius 1 is 1.21 bits per heavy atom. The molecule has 8 heteroatoms. The maximum Gasteiger partial charge on any atom is 0.525 e. The topological polar surface area (TPSA) is 49.2 Å². The molecule has 0 bridgehead atoms. The molecular weight excluding hydrogens is 315 g/mol. The minimum Gasteiger partial charge on any atom is -0.398 e. The van der Waals surface area contributed by atoms with E-state index < -0.39 is 24.0 Å². The van der Waals surface area contributed by atoms with Gasteiger partial charge in [0, 0.05) is 0 Å². The van der Waals surface area contributed by atoms with Crippen LogP contribution in [0.1, 0.15) is 33.4 Å². The van der Waals surface area contributed by atoms with E-state index in [1.54, 1.807) is 12.1 Å². The van der Waals surface area contributed by atoms with Gasteiger partial charge in [0.15, 0.2) is 0 Å². The van der Waals surface area contributed by atoms with E-state index in [1.165, 1.54) is 29.1 Å². The zero-order chi connectivity index (χ0) is 17.5. The zero-order valence-corrected chi connectivity index (χ0v) is 14.0. The molecule has 24 heavy (non-hydrogen) atoms. The monoisotopic (exact) mass is 333 g/mol. The van der Waals surface area contributed by atoms with Crippen molar-refractivity contribution in [2.24, 2.45) is 0 Å². The molecule has 1 aromatic heterocycles. The van der Waals surface area contributed by atoms with Crippen LogP contribution in [0, 0.1) is 5.82 Å². The summed E-state index contributed by atoms with van der Waals surface area (Å²) < 4.78 is 40.3. The van der Waals surface area contributed by atoms with Gasteiger partial charge >= 0.3 is 7.12 Å². The van der Waals surface area contributed by atoms with Crippen LogP contribution < -0.4 is 0 Å². The molecule has 2 heterocycles. The number of nitrogens with zero attached hydrogens (tertiary/aromatic N) is 3. The Bertz CT molecular complexity index is 773. The first kappa shape index (κ1) is 16.8. The first-order chi connectivity index (χ1) is 11.2. The molecule has 0 atom stereocenters. The Balaban J connectivity index is 1.80. The highest BCUT2D eigenvalue weighted by Gasteiger charge is 2.53. The van der Waals surface area contributed by atoms with Gasteiger partial charge in [-0.1, -0.05) is 11.3 Å². The van der Waals surface area contributed by atoms with Crippen molar-refractivity contribution in [1.29, 1.82) is 0 Å². The van der Waals surface area contributed by atoms with Crippen LogP contribution in [-0.2, 0) is 9.31 Å². The van der Waals surface area contributed by atoms with Crippen molar-refractivity contribution in [3.63, 3.8) is 0 Å². The molecule has 1 aromatic carbocycles. The smallest absolute Gasteiger partial charge is 0.398 e. The van der Waals surface area contributed by atoms with E-state index in [1.807, 2.05) is 27.7 Å². The first-order valence-electron chi connectivity index (χ1n) is 7.59. The highest BCUT2D eigenvalue weighted by molar-refractivity contribution is 6.54. The average molecular weight is 333 g/mol. The lowest BCUT2D eigenvalue weighted by atomic mass is 9.87. The van der Waals surface area contributed by atoms with Gasteiger partial charge in [0.05, 0.1) is 23.1 Å². The molecule has 0 unspecified atom stereocenters. The van der Waals surface area contributed by atoms with Gasteiger partial charge in [-0.15, -0.1) is 5.10 Å². The summed E-state index contributed by atoms with van der Waals surface area (Å²) in [6.45, 7) is 7.39. The van der Waals surface area contributed by atoms with Gasteiger partial charge in [0.1, 0.15) is 17.2 Å². The molecule has 1 fully saturated rings. The molecule has 0 aliphatic carbocycles. The third-order valence-electron chi connectivity index (χ3n) is 4.35. The van der Waals surface area contributed by atoms with Gasteiger partial charge < -0.3 is 9.31 Å². The third kappa shape index (κ3) is 3.11. The Kier molecular flexibility index (Phi) is 4.05. The van der Waals surface area contributed by atoms with Crippen LogP contribution in [-0.4, -0.2) is 33.3 Å². The largest absolute Gasteiger partial charge is 0.525 e. The Morgan fingerprint density at radius 2 is 1.88 bits per heavy atom. The Morgan fingerprint density at radius 3 is 2.50 bits per heavy atom. The summed E-state index contributed by atoms with van der Waals surface area (Å²) in [5.41, 5.74) is -1.06. The van der Waals surface area contributed by atoms with E-state index >= 15 is 0 Å². The first-order valence-corrected chi connectivity index (χ1v) is 7.59. The van der Waals surface area contributed by atoms with Gasteiger partial charge in [0.2, 0.25) is 0 Å². The predicted octanol–water partition coefficient (Wildman–Crippen LogP) is 3.35. The Labute approximate surface area is 139 Å². The maximum atomic E-state index is 14.4. The number of aromatic nitrogens is 3. The molecule has 0 N–H and O–H groups in total.